The molecule has 0 aliphatic rings. The number of hydrogen-bond acceptors (Lipinski definition) is 9. The van der Waals surface area contributed by atoms with Gasteiger partial charge in [0.2, 0.25) is 0 Å². The van der Waals surface area contributed by atoms with Gasteiger partial charge in [0.05, 0.1) is 47.0 Å². The topological polar surface area (TPSA) is 133 Å². The molecule has 0 saturated heterocycles. The maximum atomic E-state index is 12.9. The number of benzene rings is 2. The number of H-pyrrole nitrogens is 1. The average Bonchev–Trinajstić information content (AvgIpc) is 2.92. The number of aromatic nitrogens is 1. The van der Waals surface area contributed by atoms with Crippen molar-refractivity contribution in [3.8, 4) is 23.0 Å². The Morgan fingerprint density at radius 3 is 2.32 bits per heavy atom. The number of rotatable bonds is 11. The average molecular weight is 512 g/mol. The standard InChI is InChI=1S/C27H29NO9/c1-33-17-10-8-16(9-11-17)12-13-37-25-18(6-5-7-21(25)34-2)19(14-22(29)35-3)23-24(30)20(27(32)36-4)15-28-26(23)31/h5-11,15,19H,12-14H2,1-4H3,(H2,28,30,31)/t19-/m1/s1. The smallest absolute Gasteiger partial charge is 0.343 e. The van der Waals surface area contributed by atoms with Crippen LogP contribution in [0.15, 0.2) is 53.5 Å². The Bertz CT molecular complexity index is 1300. The lowest BCUT2D eigenvalue weighted by Crippen LogP contribution is -2.22. The van der Waals surface area contributed by atoms with E-state index in [1.165, 1.54) is 14.2 Å². The zero-order valence-electron chi connectivity index (χ0n) is 21.0. The summed E-state index contributed by atoms with van der Waals surface area (Å²) in [6.07, 6.45) is 1.28. The van der Waals surface area contributed by atoms with Gasteiger partial charge in [-0.2, -0.15) is 0 Å². The molecular weight excluding hydrogens is 482 g/mol. The molecule has 1 heterocycles. The minimum Gasteiger partial charge on any atom is -0.506 e. The van der Waals surface area contributed by atoms with Gasteiger partial charge in [-0.1, -0.05) is 24.3 Å². The third-order valence-corrected chi connectivity index (χ3v) is 5.86. The van der Waals surface area contributed by atoms with Gasteiger partial charge in [0.1, 0.15) is 17.1 Å². The lowest BCUT2D eigenvalue weighted by molar-refractivity contribution is -0.140. The number of aromatic hydroxyl groups is 1. The second-order valence-electron chi connectivity index (χ2n) is 7.94. The van der Waals surface area contributed by atoms with Gasteiger partial charge in [-0.3, -0.25) is 9.59 Å². The first-order valence-electron chi connectivity index (χ1n) is 11.4. The molecule has 0 saturated carbocycles. The normalized spacial score (nSPS) is 11.4. The van der Waals surface area contributed by atoms with Gasteiger partial charge in [-0.25, -0.2) is 4.79 Å². The Morgan fingerprint density at radius 1 is 0.973 bits per heavy atom. The van der Waals surface area contributed by atoms with Crippen LogP contribution in [0.3, 0.4) is 0 Å². The van der Waals surface area contributed by atoms with E-state index in [0.717, 1.165) is 24.6 Å². The SMILES string of the molecule is COC(=O)C[C@H](c1cccc(OC)c1OCCc1ccc(OC)cc1)c1c(O)c(C(=O)OC)c[nH]c1=O. The van der Waals surface area contributed by atoms with Crippen molar-refractivity contribution in [1.82, 2.24) is 4.98 Å². The molecule has 0 spiro atoms. The minimum absolute atomic E-state index is 0.207. The first-order chi connectivity index (χ1) is 17.8. The van der Waals surface area contributed by atoms with Crippen LogP contribution in [0, 0.1) is 0 Å². The van der Waals surface area contributed by atoms with Crippen LogP contribution in [0.2, 0.25) is 0 Å². The highest BCUT2D eigenvalue weighted by Crippen LogP contribution is 2.42. The number of aromatic amines is 1. The van der Waals surface area contributed by atoms with Crippen molar-refractivity contribution in [3.63, 3.8) is 0 Å². The summed E-state index contributed by atoms with van der Waals surface area (Å²) in [6, 6.07) is 12.5. The van der Waals surface area contributed by atoms with Crippen LogP contribution < -0.4 is 19.8 Å². The summed E-state index contributed by atoms with van der Waals surface area (Å²) >= 11 is 0. The number of carbonyl (C=O) groups excluding carboxylic acids is 2. The number of nitrogens with one attached hydrogen (secondary N) is 1. The molecule has 10 heteroatoms. The van der Waals surface area contributed by atoms with E-state index in [-0.39, 0.29) is 29.9 Å². The molecule has 0 aliphatic carbocycles. The zero-order valence-corrected chi connectivity index (χ0v) is 21.0. The predicted molar refractivity (Wildman–Crippen MR) is 134 cm³/mol. The summed E-state index contributed by atoms with van der Waals surface area (Å²) in [5.74, 6) is -1.74. The molecule has 0 radical (unpaired) electrons. The lowest BCUT2D eigenvalue weighted by atomic mass is 9.87. The Labute approximate surface area is 213 Å². The summed E-state index contributed by atoms with van der Waals surface area (Å²) in [6.45, 7) is 0.245. The highest BCUT2D eigenvalue weighted by molar-refractivity contribution is 5.92. The fourth-order valence-electron chi connectivity index (χ4n) is 3.93. The lowest BCUT2D eigenvalue weighted by Gasteiger charge is -2.22. The van der Waals surface area contributed by atoms with Crippen LogP contribution in [-0.4, -0.2) is 57.1 Å². The van der Waals surface area contributed by atoms with E-state index in [9.17, 15) is 19.5 Å². The second kappa shape index (κ2) is 12.5. The van der Waals surface area contributed by atoms with Crippen LogP contribution >= 0.6 is 0 Å². The predicted octanol–water partition coefficient (Wildman–Crippen LogP) is 3.20. The molecule has 2 N–H and O–H groups in total. The summed E-state index contributed by atoms with van der Waals surface area (Å²) in [7, 11) is 5.42. The van der Waals surface area contributed by atoms with E-state index in [1.54, 1.807) is 25.3 Å². The highest BCUT2D eigenvalue weighted by Gasteiger charge is 2.31. The van der Waals surface area contributed by atoms with Crippen molar-refractivity contribution in [2.45, 2.75) is 18.8 Å². The molecule has 2 aromatic carbocycles. The molecule has 196 valence electrons. The maximum Gasteiger partial charge on any atom is 0.343 e. The van der Waals surface area contributed by atoms with E-state index >= 15 is 0 Å². The largest absolute Gasteiger partial charge is 0.506 e. The Morgan fingerprint density at radius 2 is 1.70 bits per heavy atom. The quantitative estimate of drug-likeness (QED) is 0.372. The molecule has 37 heavy (non-hydrogen) atoms. The number of ether oxygens (including phenoxy) is 5. The molecule has 0 fully saturated rings. The van der Waals surface area contributed by atoms with Crippen molar-refractivity contribution < 1.29 is 38.4 Å². The summed E-state index contributed by atoms with van der Waals surface area (Å²) in [5.41, 5.74) is 0.245. The summed E-state index contributed by atoms with van der Waals surface area (Å²) in [5, 5.41) is 10.9. The van der Waals surface area contributed by atoms with Crippen LogP contribution in [0.1, 0.15) is 39.4 Å². The van der Waals surface area contributed by atoms with E-state index < -0.39 is 29.2 Å². The molecule has 0 bridgehead atoms. The van der Waals surface area contributed by atoms with Gasteiger partial charge >= 0.3 is 11.9 Å². The van der Waals surface area contributed by atoms with E-state index in [4.69, 9.17) is 23.7 Å². The third-order valence-electron chi connectivity index (χ3n) is 5.86. The number of para-hydroxylation sites is 1. The fraction of sp³-hybridized carbons (Fsp3) is 0.296. The van der Waals surface area contributed by atoms with Gasteiger partial charge < -0.3 is 33.8 Å². The van der Waals surface area contributed by atoms with Crippen molar-refractivity contribution in [2.24, 2.45) is 0 Å². The number of pyridine rings is 1. The number of esters is 2. The number of carbonyl (C=O) groups is 2. The van der Waals surface area contributed by atoms with E-state index in [1.807, 2.05) is 24.3 Å². The minimum atomic E-state index is -1.04. The summed E-state index contributed by atoms with van der Waals surface area (Å²) in [4.78, 5) is 39.9. The molecular formula is C27H29NO9. The van der Waals surface area contributed by atoms with E-state index in [0.29, 0.717) is 17.7 Å². The van der Waals surface area contributed by atoms with Crippen LogP contribution in [0.5, 0.6) is 23.0 Å². The van der Waals surface area contributed by atoms with Crippen molar-refractivity contribution >= 4 is 11.9 Å². The monoisotopic (exact) mass is 511 g/mol. The van der Waals surface area contributed by atoms with Crippen LogP contribution in [0.25, 0.3) is 0 Å². The Hall–Kier alpha value is -4.47. The molecule has 10 nitrogen and oxygen atoms in total. The molecule has 0 amide bonds. The maximum absolute atomic E-state index is 12.9. The van der Waals surface area contributed by atoms with Gasteiger partial charge in [-0.15, -0.1) is 0 Å². The van der Waals surface area contributed by atoms with E-state index in [2.05, 4.69) is 4.98 Å². The molecule has 1 atom stereocenters. The second-order valence-corrected chi connectivity index (χ2v) is 7.94. The van der Waals surface area contributed by atoms with Gasteiger partial charge in [-0.05, 0) is 23.8 Å². The first kappa shape index (κ1) is 27.1. The first-order valence-corrected chi connectivity index (χ1v) is 11.4. The number of methoxy groups -OCH3 is 4. The van der Waals surface area contributed by atoms with Crippen molar-refractivity contribution in [2.75, 3.05) is 35.0 Å². The van der Waals surface area contributed by atoms with Crippen molar-refractivity contribution in [3.05, 3.63) is 81.3 Å². The molecule has 3 aromatic rings. The highest BCUT2D eigenvalue weighted by atomic mass is 16.5. The zero-order chi connectivity index (χ0) is 26.9. The number of hydrogen-bond donors (Lipinski definition) is 2. The summed E-state index contributed by atoms with van der Waals surface area (Å²) < 4.78 is 26.4. The van der Waals surface area contributed by atoms with Gasteiger partial charge in [0, 0.05) is 24.1 Å². The van der Waals surface area contributed by atoms with Gasteiger partial charge in [0.25, 0.3) is 5.56 Å². The molecule has 1 aromatic heterocycles. The molecule has 0 unspecified atom stereocenters. The van der Waals surface area contributed by atoms with Crippen molar-refractivity contribution in [1.29, 1.82) is 0 Å². The van der Waals surface area contributed by atoms with Crippen LogP contribution in [0.4, 0.5) is 0 Å². The third kappa shape index (κ3) is 6.21. The Balaban J connectivity index is 2.06. The van der Waals surface area contributed by atoms with Crippen LogP contribution in [-0.2, 0) is 20.7 Å². The fourth-order valence-corrected chi connectivity index (χ4v) is 3.93. The van der Waals surface area contributed by atoms with Gasteiger partial charge in [0.15, 0.2) is 11.5 Å². The molecule has 0 aliphatic heterocycles. The Kier molecular flexibility index (Phi) is 9.15. The molecule has 3 rings (SSSR count).